The second-order valence-electron chi connectivity index (χ2n) is 5.67. The van der Waals surface area contributed by atoms with Crippen molar-refractivity contribution in [2.75, 3.05) is 0 Å². The molecule has 0 aliphatic rings. The Bertz CT molecular complexity index is 861. The van der Waals surface area contributed by atoms with Crippen molar-refractivity contribution in [1.82, 2.24) is 10.3 Å². The Balaban J connectivity index is 1.73. The number of Topliss-reactive ketones (excluding diaryl/α,β-unsaturated/α-hetero) is 1. The maximum atomic E-state index is 12.6. The average molecular weight is 330 g/mol. The molecule has 1 aromatic heterocycles. The minimum Gasteiger partial charge on any atom is -0.348 e. The number of amides is 1. The monoisotopic (exact) mass is 330 g/mol. The summed E-state index contributed by atoms with van der Waals surface area (Å²) in [5.41, 5.74) is 2.73. The summed E-state index contributed by atoms with van der Waals surface area (Å²) in [7, 11) is 0. The lowest BCUT2D eigenvalue weighted by Gasteiger charge is -2.10. The molecule has 0 bridgehead atoms. The lowest BCUT2D eigenvalue weighted by atomic mass is 9.98. The number of pyridine rings is 1. The highest BCUT2D eigenvalue weighted by molar-refractivity contribution is 6.08. The molecule has 0 atom stereocenters. The Morgan fingerprint density at radius 1 is 0.760 bits per heavy atom. The molecule has 2 aromatic carbocycles. The van der Waals surface area contributed by atoms with Gasteiger partial charge in [0, 0.05) is 30.9 Å². The predicted octanol–water partition coefficient (Wildman–Crippen LogP) is 3.44. The van der Waals surface area contributed by atoms with Gasteiger partial charge in [-0.25, -0.2) is 0 Å². The minimum atomic E-state index is -0.256. The first-order chi connectivity index (χ1) is 12.2. The van der Waals surface area contributed by atoms with Crippen LogP contribution < -0.4 is 5.32 Å². The van der Waals surface area contributed by atoms with Gasteiger partial charge in [-0.05, 0) is 29.3 Å². The highest BCUT2D eigenvalue weighted by Crippen LogP contribution is 2.13. The van der Waals surface area contributed by atoms with E-state index in [4.69, 9.17) is 0 Å². The summed E-state index contributed by atoms with van der Waals surface area (Å²) < 4.78 is 0. The second-order valence-corrected chi connectivity index (χ2v) is 5.67. The molecule has 4 heteroatoms. The highest BCUT2D eigenvalue weighted by Gasteiger charge is 2.16. The number of nitrogens with one attached hydrogen (secondary N) is 1. The third-order valence-corrected chi connectivity index (χ3v) is 3.88. The number of carbonyl (C=O) groups excluding carboxylic acids is 2. The van der Waals surface area contributed by atoms with E-state index in [1.165, 1.54) is 0 Å². The number of hydrogen-bond acceptors (Lipinski definition) is 3. The highest BCUT2D eigenvalue weighted by atomic mass is 16.2. The van der Waals surface area contributed by atoms with Crippen molar-refractivity contribution >= 4 is 11.7 Å². The summed E-state index contributed by atoms with van der Waals surface area (Å²) in [6.45, 7) is 0.391. The summed E-state index contributed by atoms with van der Waals surface area (Å²) >= 11 is 0. The van der Waals surface area contributed by atoms with Crippen LogP contribution in [0, 0.1) is 0 Å². The van der Waals surface area contributed by atoms with E-state index >= 15 is 0 Å². The Kier molecular flexibility index (Phi) is 5.32. The SMILES string of the molecule is O=C(Cc1ccccc1)c1ccccc1C(=O)NCc1ccncc1. The van der Waals surface area contributed by atoms with Crippen molar-refractivity contribution in [3.05, 3.63) is 101 Å². The number of rotatable bonds is 6. The molecule has 0 saturated heterocycles. The molecule has 0 radical (unpaired) electrons. The van der Waals surface area contributed by atoms with E-state index < -0.39 is 0 Å². The molecule has 0 aliphatic carbocycles. The molecule has 0 fully saturated rings. The fourth-order valence-electron chi connectivity index (χ4n) is 2.58. The van der Waals surface area contributed by atoms with Gasteiger partial charge in [-0.2, -0.15) is 0 Å². The average Bonchev–Trinajstić information content (AvgIpc) is 2.67. The van der Waals surface area contributed by atoms with E-state index in [0.717, 1.165) is 11.1 Å². The molecule has 0 spiro atoms. The third kappa shape index (κ3) is 4.38. The van der Waals surface area contributed by atoms with Gasteiger partial charge in [-0.15, -0.1) is 0 Å². The van der Waals surface area contributed by atoms with Gasteiger partial charge in [0.05, 0.1) is 5.56 Å². The largest absolute Gasteiger partial charge is 0.348 e. The maximum absolute atomic E-state index is 12.6. The predicted molar refractivity (Wildman–Crippen MR) is 96.3 cm³/mol. The van der Waals surface area contributed by atoms with Crippen LogP contribution >= 0.6 is 0 Å². The van der Waals surface area contributed by atoms with E-state index in [1.54, 1.807) is 36.7 Å². The fourth-order valence-corrected chi connectivity index (χ4v) is 2.58. The molecule has 124 valence electrons. The van der Waals surface area contributed by atoms with Crippen molar-refractivity contribution < 1.29 is 9.59 Å². The van der Waals surface area contributed by atoms with E-state index in [2.05, 4.69) is 10.3 Å². The molecule has 0 saturated carbocycles. The number of nitrogens with zero attached hydrogens (tertiary/aromatic N) is 1. The Morgan fingerprint density at radius 3 is 2.12 bits per heavy atom. The van der Waals surface area contributed by atoms with Crippen molar-refractivity contribution in [2.24, 2.45) is 0 Å². The van der Waals surface area contributed by atoms with Gasteiger partial charge in [-0.1, -0.05) is 48.5 Å². The first kappa shape index (κ1) is 16.6. The number of aromatic nitrogens is 1. The fraction of sp³-hybridized carbons (Fsp3) is 0.0952. The normalized spacial score (nSPS) is 10.2. The molecule has 1 amide bonds. The molecule has 3 aromatic rings. The van der Waals surface area contributed by atoms with E-state index in [0.29, 0.717) is 17.7 Å². The third-order valence-electron chi connectivity index (χ3n) is 3.88. The molecule has 4 nitrogen and oxygen atoms in total. The zero-order valence-electron chi connectivity index (χ0n) is 13.7. The van der Waals surface area contributed by atoms with Gasteiger partial charge >= 0.3 is 0 Å². The Labute approximate surface area is 146 Å². The summed E-state index contributed by atoms with van der Waals surface area (Å²) in [5.74, 6) is -0.324. The van der Waals surface area contributed by atoms with Crippen LogP contribution in [0.1, 0.15) is 31.8 Å². The van der Waals surface area contributed by atoms with Gasteiger partial charge < -0.3 is 5.32 Å². The number of benzene rings is 2. The first-order valence-corrected chi connectivity index (χ1v) is 8.07. The number of ketones is 1. The molecular weight excluding hydrogens is 312 g/mol. The summed E-state index contributed by atoms with van der Waals surface area (Å²) in [6.07, 6.45) is 3.63. The van der Waals surface area contributed by atoms with Crippen molar-refractivity contribution in [1.29, 1.82) is 0 Å². The van der Waals surface area contributed by atoms with Crippen LogP contribution in [0.15, 0.2) is 79.1 Å². The summed E-state index contributed by atoms with van der Waals surface area (Å²) in [6, 6.07) is 20.1. The molecule has 25 heavy (non-hydrogen) atoms. The van der Waals surface area contributed by atoms with Crippen molar-refractivity contribution in [2.45, 2.75) is 13.0 Å². The lowest BCUT2D eigenvalue weighted by molar-refractivity contribution is 0.0932. The maximum Gasteiger partial charge on any atom is 0.252 e. The lowest BCUT2D eigenvalue weighted by Crippen LogP contribution is -2.25. The Hall–Kier alpha value is -3.27. The van der Waals surface area contributed by atoms with Gasteiger partial charge in [0.1, 0.15) is 0 Å². The summed E-state index contributed by atoms with van der Waals surface area (Å²) in [5, 5.41) is 2.86. The smallest absolute Gasteiger partial charge is 0.252 e. The van der Waals surface area contributed by atoms with Crippen LogP contribution in [0.5, 0.6) is 0 Å². The number of hydrogen-bond donors (Lipinski definition) is 1. The quantitative estimate of drug-likeness (QED) is 0.704. The van der Waals surface area contributed by atoms with Crippen LogP contribution in [0.4, 0.5) is 0 Å². The molecular formula is C21H18N2O2. The second kappa shape index (κ2) is 8.02. The topological polar surface area (TPSA) is 59.1 Å². The molecule has 0 unspecified atom stereocenters. The van der Waals surface area contributed by atoms with Gasteiger partial charge in [0.15, 0.2) is 5.78 Å². The zero-order valence-corrected chi connectivity index (χ0v) is 13.7. The zero-order chi connectivity index (χ0) is 17.5. The van der Waals surface area contributed by atoms with Crippen molar-refractivity contribution in [3.63, 3.8) is 0 Å². The van der Waals surface area contributed by atoms with Crippen LogP contribution in [0.25, 0.3) is 0 Å². The standard InChI is InChI=1S/C21H18N2O2/c24-20(14-16-6-2-1-3-7-16)18-8-4-5-9-19(18)21(25)23-15-17-10-12-22-13-11-17/h1-13H,14-15H2,(H,23,25). The molecule has 3 rings (SSSR count). The summed E-state index contributed by atoms with van der Waals surface area (Å²) in [4.78, 5) is 29.1. The van der Waals surface area contributed by atoms with E-state index in [9.17, 15) is 9.59 Å². The Morgan fingerprint density at radius 2 is 1.40 bits per heavy atom. The molecule has 0 aliphatic heterocycles. The van der Waals surface area contributed by atoms with E-state index in [1.807, 2.05) is 42.5 Å². The first-order valence-electron chi connectivity index (χ1n) is 8.07. The van der Waals surface area contributed by atoms with Crippen LogP contribution in [-0.4, -0.2) is 16.7 Å². The van der Waals surface area contributed by atoms with Gasteiger partial charge in [0.2, 0.25) is 0 Å². The van der Waals surface area contributed by atoms with Crippen LogP contribution in [0.2, 0.25) is 0 Å². The minimum absolute atomic E-state index is 0.0686. The van der Waals surface area contributed by atoms with Gasteiger partial charge in [-0.3, -0.25) is 14.6 Å². The number of carbonyl (C=O) groups is 2. The van der Waals surface area contributed by atoms with E-state index in [-0.39, 0.29) is 18.1 Å². The van der Waals surface area contributed by atoms with Crippen LogP contribution in [0.3, 0.4) is 0 Å². The van der Waals surface area contributed by atoms with Crippen LogP contribution in [-0.2, 0) is 13.0 Å². The molecule has 1 N–H and O–H groups in total. The molecule has 1 heterocycles. The van der Waals surface area contributed by atoms with Gasteiger partial charge in [0.25, 0.3) is 5.91 Å². The van der Waals surface area contributed by atoms with Crippen molar-refractivity contribution in [3.8, 4) is 0 Å².